The summed E-state index contributed by atoms with van der Waals surface area (Å²) in [4.78, 5) is 9.39. The first kappa shape index (κ1) is 30.2. The largest absolute Gasteiger partial charge is 0.491 e. The molecule has 0 amide bonds. The van der Waals surface area contributed by atoms with Gasteiger partial charge in [0, 0.05) is 76.8 Å². The second-order valence-electron chi connectivity index (χ2n) is 11.6. The average molecular weight is 575 g/mol. The number of rotatable bonds is 12. The SMILES string of the molecule is Cc1ccc(N2CCN(C[C@H](O)COc3ccc(OC[C@H](O)CN4CCN(c5ccc(C)cc5)CC4)cc3)CC2)cc1. The molecule has 2 saturated heterocycles. The Hall–Kier alpha value is -3.30. The van der Waals surface area contributed by atoms with Gasteiger partial charge in [-0.2, -0.15) is 0 Å². The van der Waals surface area contributed by atoms with Crippen molar-refractivity contribution in [2.45, 2.75) is 26.1 Å². The van der Waals surface area contributed by atoms with Crippen LogP contribution in [0, 0.1) is 13.8 Å². The van der Waals surface area contributed by atoms with Gasteiger partial charge in [-0.3, -0.25) is 9.80 Å². The van der Waals surface area contributed by atoms with Crippen LogP contribution in [-0.2, 0) is 0 Å². The molecule has 2 heterocycles. The van der Waals surface area contributed by atoms with Gasteiger partial charge in [0.05, 0.1) is 0 Å². The minimum atomic E-state index is -0.555. The number of piperazine rings is 2. The van der Waals surface area contributed by atoms with Crippen molar-refractivity contribution in [1.29, 1.82) is 0 Å². The van der Waals surface area contributed by atoms with Crippen LogP contribution in [0.1, 0.15) is 11.1 Å². The molecule has 2 fully saturated rings. The number of β-amino-alcohol motifs (C(OH)–C–C–N with tert-alkyl or cyclic N) is 2. The summed E-state index contributed by atoms with van der Waals surface area (Å²) in [5.41, 5.74) is 5.07. The van der Waals surface area contributed by atoms with Crippen LogP contribution in [0.2, 0.25) is 0 Å². The van der Waals surface area contributed by atoms with E-state index in [2.05, 4.69) is 82.0 Å². The Balaban J connectivity index is 0.951. The molecular weight excluding hydrogens is 528 g/mol. The van der Waals surface area contributed by atoms with E-state index >= 15 is 0 Å². The summed E-state index contributed by atoms with van der Waals surface area (Å²) < 4.78 is 11.7. The molecule has 0 aliphatic carbocycles. The van der Waals surface area contributed by atoms with Crippen LogP contribution in [0.25, 0.3) is 0 Å². The van der Waals surface area contributed by atoms with E-state index in [1.807, 2.05) is 24.3 Å². The number of nitrogens with zero attached hydrogens (tertiary/aromatic N) is 4. The molecule has 2 atom stereocenters. The molecule has 0 radical (unpaired) electrons. The highest BCUT2D eigenvalue weighted by Crippen LogP contribution is 2.20. The maximum absolute atomic E-state index is 10.6. The highest BCUT2D eigenvalue weighted by Gasteiger charge is 2.21. The van der Waals surface area contributed by atoms with E-state index in [1.54, 1.807) is 0 Å². The van der Waals surface area contributed by atoms with Crippen molar-refractivity contribution in [2.75, 3.05) is 88.5 Å². The lowest BCUT2D eigenvalue weighted by molar-refractivity contribution is 0.0650. The fraction of sp³-hybridized carbons (Fsp3) is 0.471. The van der Waals surface area contributed by atoms with Gasteiger partial charge >= 0.3 is 0 Å². The fourth-order valence-corrected chi connectivity index (χ4v) is 5.61. The second-order valence-corrected chi connectivity index (χ2v) is 11.6. The third-order valence-corrected chi connectivity index (χ3v) is 8.19. The Morgan fingerprint density at radius 3 is 1.19 bits per heavy atom. The van der Waals surface area contributed by atoms with Gasteiger partial charge in [-0.05, 0) is 62.4 Å². The lowest BCUT2D eigenvalue weighted by atomic mass is 10.2. The molecule has 0 spiro atoms. The van der Waals surface area contributed by atoms with Crippen molar-refractivity contribution in [3.8, 4) is 11.5 Å². The number of ether oxygens (including phenoxy) is 2. The number of aryl methyl sites for hydroxylation is 2. The van der Waals surface area contributed by atoms with Crippen LogP contribution in [0.15, 0.2) is 72.8 Å². The Kier molecular flexibility index (Phi) is 10.6. The minimum absolute atomic E-state index is 0.244. The molecular formula is C34H46N4O4. The van der Waals surface area contributed by atoms with Gasteiger partial charge < -0.3 is 29.5 Å². The first-order valence-electron chi connectivity index (χ1n) is 15.2. The molecule has 0 aromatic heterocycles. The van der Waals surface area contributed by atoms with E-state index in [0.29, 0.717) is 24.6 Å². The highest BCUT2D eigenvalue weighted by atomic mass is 16.5. The van der Waals surface area contributed by atoms with E-state index in [1.165, 1.54) is 22.5 Å². The molecule has 3 aromatic rings. The number of hydrogen-bond acceptors (Lipinski definition) is 8. The zero-order chi connectivity index (χ0) is 29.3. The van der Waals surface area contributed by atoms with Crippen LogP contribution in [-0.4, -0.2) is 111 Å². The molecule has 2 N–H and O–H groups in total. The lowest BCUT2D eigenvalue weighted by Gasteiger charge is -2.37. The smallest absolute Gasteiger partial charge is 0.119 e. The Labute approximate surface area is 250 Å². The summed E-state index contributed by atoms with van der Waals surface area (Å²) in [6.45, 7) is 13.4. The van der Waals surface area contributed by atoms with Crippen molar-refractivity contribution >= 4 is 11.4 Å². The number of hydrogen-bond donors (Lipinski definition) is 2. The predicted octanol–water partition coefficient (Wildman–Crippen LogP) is 3.43. The van der Waals surface area contributed by atoms with Gasteiger partial charge in [-0.15, -0.1) is 0 Å². The molecule has 0 unspecified atom stereocenters. The minimum Gasteiger partial charge on any atom is -0.491 e. The van der Waals surface area contributed by atoms with Crippen LogP contribution < -0.4 is 19.3 Å². The summed E-state index contributed by atoms with van der Waals surface area (Å²) >= 11 is 0. The molecule has 0 saturated carbocycles. The maximum atomic E-state index is 10.6. The quantitative estimate of drug-likeness (QED) is 0.341. The van der Waals surface area contributed by atoms with Gasteiger partial charge in [0.1, 0.15) is 36.9 Å². The monoisotopic (exact) mass is 574 g/mol. The Morgan fingerprint density at radius 1 is 0.524 bits per heavy atom. The number of aliphatic hydroxyl groups excluding tert-OH is 2. The molecule has 226 valence electrons. The summed E-state index contributed by atoms with van der Waals surface area (Å²) in [5.74, 6) is 1.38. The summed E-state index contributed by atoms with van der Waals surface area (Å²) in [7, 11) is 0. The maximum Gasteiger partial charge on any atom is 0.119 e. The summed E-state index contributed by atoms with van der Waals surface area (Å²) in [5, 5.41) is 21.1. The van der Waals surface area contributed by atoms with Gasteiger partial charge in [0.15, 0.2) is 0 Å². The van der Waals surface area contributed by atoms with Crippen LogP contribution >= 0.6 is 0 Å². The zero-order valence-corrected chi connectivity index (χ0v) is 25.1. The molecule has 2 aliphatic rings. The first-order valence-corrected chi connectivity index (χ1v) is 15.2. The zero-order valence-electron chi connectivity index (χ0n) is 25.1. The van der Waals surface area contributed by atoms with Crippen molar-refractivity contribution in [2.24, 2.45) is 0 Å². The van der Waals surface area contributed by atoms with Crippen molar-refractivity contribution in [3.05, 3.63) is 83.9 Å². The lowest BCUT2D eigenvalue weighted by Crippen LogP contribution is -2.49. The number of benzene rings is 3. The molecule has 0 bridgehead atoms. The van der Waals surface area contributed by atoms with E-state index < -0.39 is 12.2 Å². The van der Waals surface area contributed by atoms with Crippen molar-refractivity contribution in [3.63, 3.8) is 0 Å². The number of anilines is 2. The van der Waals surface area contributed by atoms with Gasteiger partial charge in [0.2, 0.25) is 0 Å². The van der Waals surface area contributed by atoms with Gasteiger partial charge in [0.25, 0.3) is 0 Å². The molecule has 3 aromatic carbocycles. The fourth-order valence-electron chi connectivity index (χ4n) is 5.61. The molecule has 8 heteroatoms. The van der Waals surface area contributed by atoms with Gasteiger partial charge in [-0.1, -0.05) is 35.4 Å². The average Bonchev–Trinajstić information content (AvgIpc) is 3.01. The van der Waals surface area contributed by atoms with E-state index in [-0.39, 0.29) is 13.2 Å². The first-order chi connectivity index (χ1) is 20.4. The van der Waals surface area contributed by atoms with Gasteiger partial charge in [-0.25, -0.2) is 0 Å². The standard InChI is InChI=1S/C34H46N4O4/c1-27-3-7-29(8-4-27)37-19-15-35(16-20-37)23-31(39)25-41-33-11-13-34(14-12-33)42-26-32(40)24-36-17-21-38(22-18-36)30-9-5-28(2)6-10-30/h3-14,31-32,39-40H,15-26H2,1-2H3/t31-,32+. The second kappa shape index (κ2) is 14.7. The highest BCUT2D eigenvalue weighted by molar-refractivity contribution is 5.48. The number of aliphatic hydroxyl groups is 2. The van der Waals surface area contributed by atoms with E-state index in [4.69, 9.17) is 9.47 Å². The molecule has 8 nitrogen and oxygen atoms in total. The third kappa shape index (κ3) is 8.85. The molecule has 2 aliphatic heterocycles. The third-order valence-electron chi connectivity index (χ3n) is 8.19. The predicted molar refractivity (Wildman–Crippen MR) is 169 cm³/mol. The van der Waals surface area contributed by atoms with Crippen LogP contribution in [0.3, 0.4) is 0 Å². The molecule has 5 rings (SSSR count). The van der Waals surface area contributed by atoms with E-state index in [9.17, 15) is 10.2 Å². The van der Waals surface area contributed by atoms with Crippen LogP contribution in [0.4, 0.5) is 11.4 Å². The topological polar surface area (TPSA) is 71.9 Å². The normalized spacial score (nSPS) is 18.1. The summed E-state index contributed by atoms with van der Waals surface area (Å²) in [6.07, 6.45) is -1.11. The summed E-state index contributed by atoms with van der Waals surface area (Å²) in [6, 6.07) is 24.7. The molecule has 42 heavy (non-hydrogen) atoms. The van der Waals surface area contributed by atoms with Crippen LogP contribution in [0.5, 0.6) is 11.5 Å². The van der Waals surface area contributed by atoms with Crippen molar-refractivity contribution in [1.82, 2.24) is 9.80 Å². The van der Waals surface area contributed by atoms with Crippen molar-refractivity contribution < 1.29 is 19.7 Å². The Bertz CT molecular complexity index is 1110. The Morgan fingerprint density at radius 2 is 0.857 bits per heavy atom. The van der Waals surface area contributed by atoms with E-state index in [0.717, 1.165) is 52.4 Å².